The highest BCUT2D eigenvalue weighted by molar-refractivity contribution is 5.12. The molecule has 0 aliphatic carbocycles. The van der Waals surface area contributed by atoms with E-state index in [-0.39, 0.29) is 11.5 Å². The molecule has 0 fully saturated rings. The van der Waals surface area contributed by atoms with Gasteiger partial charge in [-0.05, 0) is 5.92 Å². The van der Waals surface area contributed by atoms with Gasteiger partial charge in [-0.3, -0.25) is 4.79 Å². The fourth-order valence-electron chi connectivity index (χ4n) is 0.930. The highest BCUT2D eigenvalue weighted by Gasteiger charge is 2.09. The second-order valence-corrected chi connectivity index (χ2v) is 3.01. The summed E-state index contributed by atoms with van der Waals surface area (Å²) in [7, 11) is 1.43. The van der Waals surface area contributed by atoms with Crippen molar-refractivity contribution < 1.29 is 4.39 Å². The predicted octanol–water partition coefficient (Wildman–Crippen LogP) is 1.04. The van der Waals surface area contributed by atoms with E-state index in [0.717, 1.165) is 4.68 Å². The smallest absolute Gasteiger partial charge is 0.266 e. The minimum Gasteiger partial charge on any atom is -0.268 e. The van der Waals surface area contributed by atoms with Crippen molar-refractivity contribution in [3.05, 3.63) is 27.9 Å². The van der Waals surface area contributed by atoms with E-state index >= 15 is 0 Å². The summed E-state index contributed by atoms with van der Waals surface area (Å²) in [4.78, 5) is 11.0. The number of nitrogens with zero attached hydrogens (tertiary/aromatic N) is 2. The Kier molecular flexibility index (Phi) is 2.26. The van der Waals surface area contributed by atoms with Crippen molar-refractivity contribution in [1.82, 2.24) is 9.78 Å². The monoisotopic (exact) mass is 170 g/mol. The maximum absolute atomic E-state index is 13.0. The second-order valence-electron chi connectivity index (χ2n) is 3.01. The molecule has 1 aromatic heterocycles. The number of hydrogen-bond acceptors (Lipinski definition) is 2. The van der Waals surface area contributed by atoms with Crippen molar-refractivity contribution in [1.29, 1.82) is 0 Å². The molecular formula is C8H11FN2O. The third kappa shape index (κ3) is 1.52. The quantitative estimate of drug-likeness (QED) is 0.631. The topological polar surface area (TPSA) is 34.9 Å². The van der Waals surface area contributed by atoms with Crippen LogP contribution in [-0.2, 0) is 7.05 Å². The highest BCUT2D eigenvalue weighted by Crippen LogP contribution is 2.13. The van der Waals surface area contributed by atoms with Gasteiger partial charge in [0.15, 0.2) is 0 Å². The molecule has 0 aliphatic rings. The fourth-order valence-corrected chi connectivity index (χ4v) is 0.930. The second kappa shape index (κ2) is 3.05. The fraction of sp³-hybridized carbons (Fsp3) is 0.500. The molecule has 0 amide bonds. The van der Waals surface area contributed by atoms with Crippen LogP contribution in [0.25, 0.3) is 0 Å². The van der Waals surface area contributed by atoms with Gasteiger partial charge < -0.3 is 0 Å². The number of hydrogen-bond donors (Lipinski definition) is 0. The number of rotatable bonds is 1. The molecule has 0 saturated heterocycles. The third-order valence-electron chi connectivity index (χ3n) is 1.70. The van der Waals surface area contributed by atoms with Crippen LogP contribution in [0.2, 0.25) is 0 Å². The normalized spacial score (nSPS) is 10.8. The van der Waals surface area contributed by atoms with Crippen LogP contribution in [0.15, 0.2) is 10.9 Å². The summed E-state index contributed by atoms with van der Waals surface area (Å²) in [5.74, 6) is -0.571. The molecule has 1 rings (SSSR count). The van der Waals surface area contributed by atoms with E-state index in [4.69, 9.17) is 0 Å². The first-order valence-electron chi connectivity index (χ1n) is 3.76. The molecule has 3 nitrogen and oxygen atoms in total. The number of aromatic nitrogens is 2. The maximum atomic E-state index is 13.0. The lowest BCUT2D eigenvalue weighted by Gasteiger charge is -2.05. The van der Waals surface area contributed by atoms with Crippen LogP contribution in [0.3, 0.4) is 0 Å². The van der Waals surface area contributed by atoms with Crippen LogP contribution in [-0.4, -0.2) is 9.78 Å². The standard InChI is InChI=1S/C8H11FN2O/c1-5(2)6-4-7(12)11(3)10-8(6)9/h4-5H,1-3H3. The van der Waals surface area contributed by atoms with Crippen LogP contribution < -0.4 is 5.56 Å². The zero-order chi connectivity index (χ0) is 9.30. The van der Waals surface area contributed by atoms with E-state index < -0.39 is 5.95 Å². The largest absolute Gasteiger partial charge is 0.268 e. The molecule has 12 heavy (non-hydrogen) atoms. The van der Waals surface area contributed by atoms with Crippen molar-refractivity contribution in [2.75, 3.05) is 0 Å². The minimum atomic E-state index is -0.563. The average Bonchev–Trinajstić information content (AvgIpc) is 1.96. The van der Waals surface area contributed by atoms with Gasteiger partial charge in [-0.15, -0.1) is 5.10 Å². The predicted molar refractivity (Wildman–Crippen MR) is 43.5 cm³/mol. The molecular weight excluding hydrogens is 159 g/mol. The van der Waals surface area contributed by atoms with Crippen LogP contribution in [0.1, 0.15) is 25.3 Å². The summed E-state index contributed by atoms with van der Waals surface area (Å²) in [5.41, 5.74) is 0.0956. The Bertz CT molecular complexity index is 343. The average molecular weight is 170 g/mol. The van der Waals surface area contributed by atoms with Crippen molar-refractivity contribution in [2.45, 2.75) is 19.8 Å². The van der Waals surface area contributed by atoms with Crippen LogP contribution in [0, 0.1) is 5.95 Å². The van der Waals surface area contributed by atoms with Crippen LogP contribution in [0.4, 0.5) is 4.39 Å². The minimum absolute atomic E-state index is 0.00796. The number of aryl methyl sites for hydroxylation is 1. The van der Waals surface area contributed by atoms with E-state index in [9.17, 15) is 9.18 Å². The lowest BCUT2D eigenvalue weighted by molar-refractivity contribution is 0.497. The van der Waals surface area contributed by atoms with E-state index in [0.29, 0.717) is 5.56 Å². The molecule has 4 heteroatoms. The molecule has 0 N–H and O–H groups in total. The number of halogens is 1. The molecule has 1 aromatic rings. The summed E-state index contributed by atoms with van der Waals surface area (Å²) in [6.07, 6.45) is 0. The van der Waals surface area contributed by atoms with Gasteiger partial charge in [-0.1, -0.05) is 13.8 Å². The Balaban J connectivity index is 3.33. The first-order chi connectivity index (χ1) is 5.52. The molecule has 0 radical (unpaired) electrons. The van der Waals surface area contributed by atoms with Gasteiger partial charge >= 0.3 is 0 Å². The summed E-state index contributed by atoms with van der Waals surface area (Å²) in [6.45, 7) is 3.64. The molecule has 1 heterocycles. The van der Waals surface area contributed by atoms with Crippen LogP contribution >= 0.6 is 0 Å². The van der Waals surface area contributed by atoms with Crippen molar-refractivity contribution in [3.8, 4) is 0 Å². The summed E-state index contributed by atoms with van der Waals surface area (Å²) in [6, 6.07) is 1.28. The van der Waals surface area contributed by atoms with Gasteiger partial charge in [0.1, 0.15) is 0 Å². The molecule has 0 spiro atoms. The van der Waals surface area contributed by atoms with Gasteiger partial charge in [-0.2, -0.15) is 4.39 Å². The molecule has 0 atom stereocenters. The van der Waals surface area contributed by atoms with Crippen molar-refractivity contribution in [2.24, 2.45) is 7.05 Å². The first kappa shape index (κ1) is 8.90. The molecule has 66 valence electrons. The Labute approximate surface area is 69.8 Å². The van der Waals surface area contributed by atoms with Gasteiger partial charge in [-0.25, -0.2) is 4.68 Å². The Morgan fingerprint density at radius 3 is 2.67 bits per heavy atom. The van der Waals surface area contributed by atoms with Gasteiger partial charge in [0.05, 0.1) is 0 Å². The SMILES string of the molecule is CC(C)c1cc(=O)n(C)nc1F. The van der Waals surface area contributed by atoms with E-state index in [2.05, 4.69) is 5.10 Å². The Hall–Kier alpha value is -1.19. The summed E-state index contributed by atoms with van der Waals surface area (Å²) >= 11 is 0. The highest BCUT2D eigenvalue weighted by atomic mass is 19.1. The molecule has 0 aromatic carbocycles. The van der Waals surface area contributed by atoms with Crippen LogP contribution in [0.5, 0.6) is 0 Å². The first-order valence-corrected chi connectivity index (χ1v) is 3.76. The molecule has 0 unspecified atom stereocenters. The molecule has 0 saturated carbocycles. The molecule has 0 bridgehead atoms. The summed E-state index contributed by atoms with van der Waals surface area (Å²) < 4.78 is 14.0. The van der Waals surface area contributed by atoms with Crippen molar-refractivity contribution >= 4 is 0 Å². The maximum Gasteiger partial charge on any atom is 0.266 e. The van der Waals surface area contributed by atoms with Gasteiger partial charge in [0.2, 0.25) is 5.95 Å². The third-order valence-corrected chi connectivity index (χ3v) is 1.70. The van der Waals surface area contributed by atoms with E-state index in [1.54, 1.807) is 0 Å². The lowest BCUT2D eigenvalue weighted by atomic mass is 10.1. The van der Waals surface area contributed by atoms with Crippen molar-refractivity contribution in [3.63, 3.8) is 0 Å². The lowest BCUT2D eigenvalue weighted by Crippen LogP contribution is -2.21. The Morgan fingerprint density at radius 1 is 1.58 bits per heavy atom. The van der Waals surface area contributed by atoms with E-state index in [1.807, 2.05) is 13.8 Å². The van der Waals surface area contributed by atoms with Gasteiger partial charge in [0, 0.05) is 18.7 Å². The zero-order valence-corrected chi connectivity index (χ0v) is 7.34. The molecule has 0 aliphatic heterocycles. The zero-order valence-electron chi connectivity index (χ0n) is 7.34. The summed E-state index contributed by atoms with van der Waals surface area (Å²) in [5, 5.41) is 3.43. The Morgan fingerprint density at radius 2 is 2.17 bits per heavy atom. The van der Waals surface area contributed by atoms with Gasteiger partial charge in [0.25, 0.3) is 5.56 Å². The van der Waals surface area contributed by atoms with E-state index in [1.165, 1.54) is 13.1 Å².